The summed E-state index contributed by atoms with van der Waals surface area (Å²) >= 11 is 1.33. The molecule has 0 bridgehead atoms. The van der Waals surface area contributed by atoms with Crippen LogP contribution in [0.4, 0.5) is 10.8 Å². The molecule has 0 spiro atoms. The molecule has 1 aromatic heterocycles. The summed E-state index contributed by atoms with van der Waals surface area (Å²) in [6.45, 7) is 5.91. The number of thiazole rings is 1. The van der Waals surface area contributed by atoms with E-state index in [1.54, 1.807) is 0 Å². The maximum Gasteiger partial charge on any atom is 0.269 e. The topological polar surface area (TPSA) is 114 Å². The number of nitro benzene ring substituents is 1. The number of nitro groups is 1. The molecule has 1 aromatic carbocycles. The summed E-state index contributed by atoms with van der Waals surface area (Å²) in [4.78, 5) is 38.1. The molecule has 142 valence electrons. The Morgan fingerprint density at radius 1 is 1.26 bits per heavy atom. The highest BCUT2D eigenvalue weighted by Crippen LogP contribution is 2.26. The Morgan fingerprint density at radius 2 is 1.93 bits per heavy atom. The molecule has 9 heteroatoms. The van der Waals surface area contributed by atoms with E-state index >= 15 is 0 Å². The van der Waals surface area contributed by atoms with Gasteiger partial charge in [-0.1, -0.05) is 20.8 Å². The molecule has 0 saturated heterocycles. The Morgan fingerprint density at radius 3 is 2.48 bits per heavy atom. The lowest BCUT2D eigenvalue weighted by Crippen LogP contribution is -2.31. The molecule has 1 heterocycles. The van der Waals surface area contributed by atoms with Gasteiger partial charge in [0.2, 0.25) is 11.8 Å². The fourth-order valence-corrected chi connectivity index (χ4v) is 2.90. The minimum atomic E-state index is -0.494. The van der Waals surface area contributed by atoms with Crippen LogP contribution in [0.25, 0.3) is 6.08 Å². The van der Waals surface area contributed by atoms with Crippen molar-refractivity contribution in [2.75, 3.05) is 11.9 Å². The number of hydrogen-bond donors (Lipinski definition) is 2. The molecule has 2 aromatic rings. The number of carbonyl (C=O) groups excluding carboxylic acids is 2. The van der Waals surface area contributed by atoms with Gasteiger partial charge in [-0.05, 0) is 23.8 Å². The standard InChI is InChI=1S/C18H20N4O4S/c1-18(2,3)14-11-27-17(20-14)21-16(24)10-19-15(23)9-6-12-4-7-13(8-5-12)22(25)26/h4-9,11H,10H2,1-3H3,(H,19,23)(H,20,21,24). The maximum absolute atomic E-state index is 11.9. The van der Waals surface area contributed by atoms with E-state index in [0.29, 0.717) is 10.7 Å². The van der Waals surface area contributed by atoms with Gasteiger partial charge in [0.15, 0.2) is 5.13 Å². The quantitative estimate of drug-likeness (QED) is 0.448. The first-order valence-electron chi connectivity index (χ1n) is 8.11. The molecular weight excluding hydrogens is 368 g/mol. The second-order valence-electron chi connectivity index (χ2n) is 6.74. The average Bonchev–Trinajstić information content (AvgIpc) is 3.07. The van der Waals surface area contributed by atoms with E-state index in [1.807, 2.05) is 26.2 Å². The zero-order valence-corrected chi connectivity index (χ0v) is 16.0. The first-order chi connectivity index (χ1) is 12.6. The van der Waals surface area contributed by atoms with Crippen LogP contribution in [-0.2, 0) is 15.0 Å². The van der Waals surface area contributed by atoms with Crippen LogP contribution in [0.1, 0.15) is 32.0 Å². The number of benzene rings is 1. The number of carbonyl (C=O) groups is 2. The molecule has 0 unspecified atom stereocenters. The lowest BCUT2D eigenvalue weighted by molar-refractivity contribution is -0.384. The smallest absolute Gasteiger partial charge is 0.269 e. The van der Waals surface area contributed by atoms with Crippen molar-refractivity contribution in [3.05, 3.63) is 57.1 Å². The highest BCUT2D eigenvalue weighted by atomic mass is 32.1. The number of hydrogen-bond acceptors (Lipinski definition) is 6. The predicted molar refractivity (Wildman–Crippen MR) is 105 cm³/mol. The summed E-state index contributed by atoms with van der Waals surface area (Å²) in [5.74, 6) is -0.820. The fourth-order valence-electron chi connectivity index (χ4n) is 1.94. The number of aromatic nitrogens is 1. The van der Waals surface area contributed by atoms with E-state index in [1.165, 1.54) is 47.8 Å². The third-order valence-corrected chi connectivity index (χ3v) is 4.23. The number of nitrogens with one attached hydrogen (secondary N) is 2. The second-order valence-corrected chi connectivity index (χ2v) is 7.59. The van der Waals surface area contributed by atoms with Crippen LogP contribution in [0.2, 0.25) is 0 Å². The fraction of sp³-hybridized carbons (Fsp3) is 0.278. The van der Waals surface area contributed by atoms with Gasteiger partial charge in [-0.15, -0.1) is 11.3 Å². The molecule has 0 aliphatic rings. The summed E-state index contributed by atoms with van der Waals surface area (Å²) in [5.41, 5.74) is 1.40. The molecule has 0 atom stereocenters. The molecule has 0 radical (unpaired) electrons. The van der Waals surface area contributed by atoms with Crippen molar-refractivity contribution in [2.24, 2.45) is 0 Å². The molecule has 0 aliphatic heterocycles. The normalized spacial score (nSPS) is 11.4. The van der Waals surface area contributed by atoms with Gasteiger partial charge in [-0.25, -0.2) is 4.98 Å². The van der Waals surface area contributed by atoms with Gasteiger partial charge in [0.1, 0.15) is 0 Å². The number of nitrogens with zero attached hydrogens (tertiary/aromatic N) is 2. The van der Waals surface area contributed by atoms with E-state index in [-0.39, 0.29) is 23.6 Å². The number of anilines is 1. The van der Waals surface area contributed by atoms with Crippen LogP contribution in [-0.4, -0.2) is 28.3 Å². The van der Waals surface area contributed by atoms with E-state index in [4.69, 9.17) is 0 Å². The molecule has 0 saturated carbocycles. The van der Waals surface area contributed by atoms with Crippen LogP contribution in [0.5, 0.6) is 0 Å². The van der Waals surface area contributed by atoms with Crippen LogP contribution in [0.15, 0.2) is 35.7 Å². The second kappa shape index (κ2) is 8.54. The van der Waals surface area contributed by atoms with Gasteiger partial charge in [-0.2, -0.15) is 0 Å². The van der Waals surface area contributed by atoms with Crippen molar-refractivity contribution in [3.63, 3.8) is 0 Å². The molecule has 8 nitrogen and oxygen atoms in total. The zero-order chi connectivity index (χ0) is 20.0. The van der Waals surface area contributed by atoms with Gasteiger partial charge in [-0.3, -0.25) is 19.7 Å². The van der Waals surface area contributed by atoms with Crippen molar-refractivity contribution < 1.29 is 14.5 Å². The Kier molecular flexibility index (Phi) is 6.40. The van der Waals surface area contributed by atoms with E-state index < -0.39 is 10.8 Å². The summed E-state index contributed by atoms with van der Waals surface area (Å²) in [5, 5.41) is 18.1. The van der Waals surface area contributed by atoms with Gasteiger partial charge in [0, 0.05) is 29.0 Å². The summed E-state index contributed by atoms with van der Waals surface area (Å²) in [6, 6.07) is 5.77. The molecular formula is C18H20N4O4S. The van der Waals surface area contributed by atoms with Gasteiger partial charge < -0.3 is 10.6 Å². The van der Waals surface area contributed by atoms with Crippen molar-refractivity contribution in [3.8, 4) is 0 Å². The van der Waals surface area contributed by atoms with Gasteiger partial charge >= 0.3 is 0 Å². The van der Waals surface area contributed by atoms with Crippen LogP contribution in [0, 0.1) is 10.1 Å². The first kappa shape index (κ1) is 20.2. The van der Waals surface area contributed by atoms with Gasteiger partial charge in [0.25, 0.3) is 5.69 Å². The summed E-state index contributed by atoms with van der Waals surface area (Å²) in [6.07, 6.45) is 2.77. The molecule has 2 rings (SSSR count). The number of non-ortho nitro benzene ring substituents is 1. The Bertz CT molecular complexity index is 866. The molecule has 2 amide bonds. The molecule has 0 aliphatic carbocycles. The first-order valence-corrected chi connectivity index (χ1v) is 8.99. The highest BCUT2D eigenvalue weighted by Gasteiger charge is 2.18. The van der Waals surface area contributed by atoms with E-state index in [2.05, 4.69) is 15.6 Å². The Labute approximate surface area is 160 Å². The summed E-state index contributed by atoms with van der Waals surface area (Å²) < 4.78 is 0. The highest BCUT2D eigenvalue weighted by molar-refractivity contribution is 7.13. The minimum Gasteiger partial charge on any atom is -0.343 e. The number of rotatable bonds is 6. The number of amides is 2. The van der Waals surface area contributed by atoms with Crippen LogP contribution < -0.4 is 10.6 Å². The van der Waals surface area contributed by atoms with Crippen LogP contribution in [0.3, 0.4) is 0 Å². The summed E-state index contributed by atoms with van der Waals surface area (Å²) in [7, 11) is 0. The molecule has 27 heavy (non-hydrogen) atoms. The van der Waals surface area contributed by atoms with Crippen molar-refractivity contribution in [1.29, 1.82) is 0 Å². The maximum atomic E-state index is 11.9. The van der Waals surface area contributed by atoms with Crippen molar-refractivity contribution in [1.82, 2.24) is 10.3 Å². The van der Waals surface area contributed by atoms with Crippen LogP contribution >= 0.6 is 11.3 Å². The monoisotopic (exact) mass is 388 g/mol. The minimum absolute atomic E-state index is 0.0231. The average molecular weight is 388 g/mol. The predicted octanol–water partition coefficient (Wildman–Crippen LogP) is 3.12. The van der Waals surface area contributed by atoms with Gasteiger partial charge in [0.05, 0.1) is 17.2 Å². The SMILES string of the molecule is CC(C)(C)c1csc(NC(=O)CNC(=O)C=Cc2ccc([N+](=O)[O-])cc2)n1. The largest absolute Gasteiger partial charge is 0.343 e. The third-order valence-electron chi connectivity index (χ3n) is 3.47. The zero-order valence-electron chi connectivity index (χ0n) is 15.2. The van der Waals surface area contributed by atoms with Crippen molar-refractivity contribution in [2.45, 2.75) is 26.2 Å². The van der Waals surface area contributed by atoms with E-state index in [0.717, 1.165) is 5.69 Å². The third kappa shape index (κ3) is 6.30. The Balaban J connectivity index is 1.81. The molecule has 2 N–H and O–H groups in total. The van der Waals surface area contributed by atoms with E-state index in [9.17, 15) is 19.7 Å². The Hall–Kier alpha value is -3.07. The lowest BCUT2D eigenvalue weighted by Gasteiger charge is -2.14. The van der Waals surface area contributed by atoms with Crippen molar-refractivity contribution >= 4 is 40.0 Å². The lowest BCUT2D eigenvalue weighted by atomic mass is 9.93. The molecule has 0 fully saturated rings.